The van der Waals surface area contributed by atoms with Crippen LogP contribution in [0.15, 0.2) is 41.3 Å². The molecular weight excluding hydrogens is 262 g/mol. The van der Waals surface area contributed by atoms with E-state index in [0.29, 0.717) is 0 Å². The summed E-state index contributed by atoms with van der Waals surface area (Å²) in [6.07, 6.45) is 0. The van der Waals surface area contributed by atoms with Gasteiger partial charge >= 0.3 is 0 Å². The lowest BCUT2D eigenvalue weighted by Gasteiger charge is -2.16. The highest BCUT2D eigenvalue weighted by Crippen LogP contribution is 2.28. The first-order chi connectivity index (χ1) is 9.47. The van der Waals surface area contributed by atoms with Crippen LogP contribution in [-0.4, -0.2) is 5.75 Å². The van der Waals surface area contributed by atoms with Crippen LogP contribution in [-0.2, 0) is 0 Å². The highest BCUT2D eigenvalue weighted by Gasteiger charge is 2.10. The summed E-state index contributed by atoms with van der Waals surface area (Å²) in [6, 6.07) is 13.2. The molecule has 0 aliphatic rings. The van der Waals surface area contributed by atoms with Crippen molar-refractivity contribution >= 4 is 11.8 Å². The molecule has 0 spiro atoms. The molecule has 0 saturated carbocycles. The molecule has 1 nitrogen and oxygen atoms in total. The quantitative estimate of drug-likeness (QED) is 0.823. The average molecular weight is 285 g/mol. The standard InChI is InChI=1S/C18H23NS/c1-12-6-8-16(15(4)9-12)17(19)11-20-18-10-13(2)5-7-14(18)3/h5-10,17H,11,19H2,1-4H3. The maximum absolute atomic E-state index is 6.36. The van der Waals surface area contributed by atoms with Crippen molar-refractivity contribution in [2.45, 2.75) is 38.6 Å². The highest BCUT2D eigenvalue weighted by atomic mass is 32.2. The van der Waals surface area contributed by atoms with E-state index in [2.05, 4.69) is 64.1 Å². The Hall–Kier alpha value is -1.25. The van der Waals surface area contributed by atoms with Gasteiger partial charge in [-0.1, -0.05) is 41.5 Å². The van der Waals surface area contributed by atoms with Gasteiger partial charge in [-0.3, -0.25) is 0 Å². The van der Waals surface area contributed by atoms with E-state index in [0.717, 1.165) is 5.75 Å². The third-order valence-corrected chi connectivity index (χ3v) is 4.86. The zero-order chi connectivity index (χ0) is 14.7. The second kappa shape index (κ2) is 6.47. The van der Waals surface area contributed by atoms with Crippen LogP contribution in [0, 0.1) is 27.7 Å². The third-order valence-electron chi connectivity index (χ3n) is 3.59. The van der Waals surface area contributed by atoms with Crippen LogP contribution in [0.25, 0.3) is 0 Å². The predicted molar refractivity (Wildman–Crippen MR) is 89.5 cm³/mol. The molecule has 0 aromatic heterocycles. The Labute approximate surface area is 126 Å². The Morgan fingerprint density at radius 1 is 0.900 bits per heavy atom. The molecule has 20 heavy (non-hydrogen) atoms. The number of hydrogen-bond donors (Lipinski definition) is 1. The largest absolute Gasteiger partial charge is 0.323 e. The van der Waals surface area contributed by atoms with Gasteiger partial charge in [0.05, 0.1) is 0 Å². The first kappa shape index (κ1) is 15.1. The fraction of sp³-hybridized carbons (Fsp3) is 0.333. The number of benzene rings is 2. The van der Waals surface area contributed by atoms with E-state index in [-0.39, 0.29) is 6.04 Å². The summed E-state index contributed by atoms with van der Waals surface area (Å²) in [4.78, 5) is 1.34. The van der Waals surface area contributed by atoms with Crippen molar-refractivity contribution in [3.8, 4) is 0 Å². The Bertz CT molecular complexity index is 604. The summed E-state index contributed by atoms with van der Waals surface area (Å²) >= 11 is 1.85. The van der Waals surface area contributed by atoms with Gasteiger partial charge in [-0.25, -0.2) is 0 Å². The van der Waals surface area contributed by atoms with Crippen LogP contribution in [0.4, 0.5) is 0 Å². The summed E-state index contributed by atoms with van der Waals surface area (Å²) < 4.78 is 0. The Morgan fingerprint density at radius 3 is 2.25 bits per heavy atom. The van der Waals surface area contributed by atoms with E-state index in [4.69, 9.17) is 5.73 Å². The lowest BCUT2D eigenvalue weighted by atomic mass is 10.0. The van der Waals surface area contributed by atoms with Gasteiger partial charge < -0.3 is 5.73 Å². The molecule has 0 fully saturated rings. The predicted octanol–water partition coefficient (Wildman–Crippen LogP) is 4.71. The lowest BCUT2D eigenvalue weighted by molar-refractivity contribution is 0.821. The highest BCUT2D eigenvalue weighted by molar-refractivity contribution is 7.99. The molecule has 0 amide bonds. The molecule has 2 aromatic carbocycles. The molecule has 1 unspecified atom stereocenters. The first-order valence-corrected chi connectivity index (χ1v) is 7.98. The van der Waals surface area contributed by atoms with E-state index in [1.807, 2.05) is 11.8 Å². The molecule has 0 aliphatic carbocycles. The van der Waals surface area contributed by atoms with Gasteiger partial charge in [0, 0.05) is 16.7 Å². The van der Waals surface area contributed by atoms with Crippen LogP contribution in [0.2, 0.25) is 0 Å². The topological polar surface area (TPSA) is 26.0 Å². The minimum Gasteiger partial charge on any atom is -0.323 e. The van der Waals surface area contributed by atoms with Gasteiger partial charge in [0.1, 0.15) is 0 Å². The number of thioether (sulfide) groups is 1. The van der Waals surface area contributed by atoms with Gasteiger partial charge in [-0.05, 0) is 50.5 Å². The van der Waals surface area contributed by atoms with Crippen LogP contribution in [0.1, 0.15) is 33.9 Å². The minimum atomic E-state index is 0.0838. The molecule has 0 aliphatic heterocycles. The zero-order valence-corrected chi connectivity index (χ0v) is 13.6. The lowest BCUT2D eigenvalue weighted by Crippen LogP contribution is -2.14. The molecule has 2 rings (SSSR count). The smallest absolute Gasteiger partial charge is 0.0392 e. The van der Waals surface area contributed by atoms with Crippen LogP contribution >= 0.6 is 11.8 Å². The molecule has 2 heteroatoms. The fourth-order valence-corrected chi connectivity index (χ4v) is 3.48. The van der Waals surface area contributed by atoms with E-state index >= 15 is 0 Å². The summed E-state index contributed by atoms with van der Waals surface area (Å²) in [7, 11) is 0. The van der Waals surface area contributed by atoms with Crippen molar-refractivity contribution in [1.29, 1.82) is 0 Å². The van der Waals surface area contributed by atoms with E-state index in [9.17, 15) is 0 Å². The van der Waals surface area contributed by atoms with Crippen molar-refractivity contribution in [2.75, 3.05) is 5.75 Å². The van der Waals surface area contributed by atoms with Crippen molar-refractivity contribution in [3.63, 3.8) is 0 Å². The number of rotatable bonds is 4. The Balaban J connectivity index is 2.08. The average Bonchev–Trinajstić information content (AvgIpc) is 2.39. The van der Waals surface area contributed by atoms with Crippen LogP contribution in [0.3, 0.4) is 0 Å². The SMILES string of the molecule is Cc1ccc(C(N)CSc2cc(C)ccc2C)c(C)c1. The molecular formula is C18H23NS. The van der Waals surface area contributed by atoms with Gasteiger partial charge in [0.25, 0.3) is 0 Å². The monoisotopic (exact) mass is 285 g/mol. The van der Waals surface area contributed by atoms with E-state index in [1.54, 1.807) is 0 Å². The van der Waals surface area contributed by atoms with Gasteiger partial charge in [0.15, 0.2) is 0 Å². The molecule has 2 aromatic rings. The minimum absolute atomic E-state index is 0.0838. The van der Waals surface area contributed by atoms with Crippen molar-refractivity contribution in [3.05, 3.63) is 64.2 Å². The summed E-state index contributed by atoms with van der Waals surface area (Å²) in [5.74, 6) is 0.911. The molecule has 0 saturated heterocycles. The molecule has 0 heterocycles. The molecule has 2 N–H and O–H groups in total. The van der Waals surface area contributed by atoms with Crippen molar-refractivity contribution in [1.82, 2.24) is 0 Å². The number of nitrogens with two attached hydrogens (primary N) is 1. The van der Waals surface area contributed by atoms with Gasteiger partial charge in [0.2, 0.25) is 0 Å². The Morgan fingerprint density at radius 2 is 1.55 bits per heavy atom. The van der Waals surface area contributed by atoms with Crippen molar-refractivity contribution in [2.24, 2.45) is 5.73 Å². The molecule has 0 radical (unpaired) electrons. The van der Waals surface area contributed by atoms with E-state index < -0.39 is 0 Å². The molecule has 1 atom stereocenters. The number of hydrogen-bond acceptors (Lipinski definition) is 2. The maximum Gasteiger partial charge on any atom is 0.0392 e. The van der Waals surface area contributed by atoms with E-state index in [1.165, 1.54) is 32.7 Å². The first-order valence-electron chi connectivity index (χ1n) is 7.00. The molecule has 106 valence electrons. The number of aryl methyl sites for hydroxylation is 4. The van der Waals surface area contributed by atoms with Crippen molar-refractivity contribution < 1.29 is 0 Å². The normalized spacial score (nSPS) is 12.4. The fourth-order valence-electron chi connectivity index (χ4n) is 2.37. The summed E-state index contributed by atoms with van der Waals surface area (Å²) in [5.41, 5.74) is 12.8. The third kappa shape index (κ3) is 3.65. The zero-order valence-electron chi connectivity index (χ0n) is 12.7. The second-order valence-corrected chi connectivity index (χ2v) is 6.61. The van der Waals surface area contributed by atoms with Crippen LogP contribution in [0.5, 0.6) is 0 Å². The summed E-state index contributed by atoms with van der Waals surface area (Å²) in [5, 5.41) is 0. The second-order valence-electron chi connectivity index (χ2n) is 5.55. The molecule has 0 bridgehead atoms. The Kier molecular flexibility index (Phi) is 4.90. The maximum atomic E-state index is 6.36. The summed E-state index contributed by atoms with van der Waals surface area (Å²) in [6.45, 7) is 8.55. The van der Waals surface area contributed by atoms with Gasteiger partial charge in [-0.15, -0.1) is 11.8 Å². The van der Waals surface area contributed by atoms with Gasteiger partial charge in [-0.2, -0.15) is 0 Å². The van der Waals surface area contributed by atoms with Crippen LogP contribution < -0.4 is 5.73 Å².